The fourth-order valence-corrected chi connectivity index (χ4v) is 2.01. The average Bonchev–Trinajstić information content (AvgIpc) is 2.16. The van der Waals surface area contributed by atoms with Gasteiger partial charge in [-0.3, -0.25) is 0 Å². The van der Waals surface area contributed by atoms with Crippen molar-refractivity contribution >= 4 is 15.9 Å². The summed E-state index contributed by atoms with van der Waals surface area (Å²) in [5.74, 6) is 1.45. The van der Waals surface area contributed by atoms with Crippen molar-refractivity contribution in [1.82, 2.24) is 0 Å². The third-order valence-electron chi connectivity index (χ3n) is 2.32. The molecular weight excluding hydrogens is 254 g/mol. The standard InChI is InChI=1S/C12H18BrNO/c1-8(2)6-11(14)10-7-9(13)4-5-12(10)15-3/h4-5,7-8,11H,6,14H2,1-3H3/t11-/m0/s1. The van der Waals surface area contributed by atoms with E-state index in [0.717, 1.165) is 22.2 Å². The molecule has 0 amide bonds. The second-order valence-electron chi connectivity index (χ2n) is 4.12. The molecule has 0 heterocycles. The maximum Gasteiger partial charge on any atom is 0.123 e. The Morgan fingerprint density at radius 3 is 2.60 bits per heavy atom. The lowest BCUT2D eigenvalue weighted by Gasteiger charge is -2.17. The predicted octanol–water partition coefficient (Wildman–Crippen LogP) is 3.50. The van der Waals surface area contributed by atoms with E-state index in [0.29, 0.717) is 5.92 Å². The molecule has 0 saturated carbocycles. The van der Waals surface area contributed by atoms with Crippen molar-refractivity contribution in [3.05, 3.63) is 28.2 Å². The van der Waals surface area contributed by atoms with Crippen LogP contribution in [0.2, 0.25) is 0 Å². The number of methoxy groups -OCH3 is 1. The minimum atomic E-state index is 0.0393. The van der Waals surface area contributed by atoms with Gasteiger partial charge in [0.15, 0.2) is 0 Å². The van der Waals surface area contributed by atoms with Gasteiger partial charge in [0.25, 0.3) is 0 Å². The number of hydrogen-bond acceptors (Lipinski definition) is 2. The van der Waals surface area contributed by atoms with Crippen LogP contribution in [-0.2, 0) is 0 Å². The SMILES string of the molecule is COc1ccc(Br)cc1[C@@H](N)CC(C)C. The molecule has 2 N–H and O–H groups in total. The van der Waals surface area contributed by atoms with E-state index in [4.69, 9.17) is 10.5 Å². The van der Waals surface area contributed by atoms with Crippen LogP contribution in [0.25, 0.3) is 0 Å². The average molecular weight is 272 g/mol. The summed E-state index contributed by atoms with van der Waals surface area (Å²) in [5, 5.41) is 0. The lowest BCUT2D eigenvalue weighted by molar-refractivity contribution is 0.399. The van der Waals surface area contributed by atoms with Gasteiger partial charge in [0, 0.05) is 16.1 Å². The number of nitrogens with two attached hydrogens (primary N) is 1. The highest BCUT2D eigenvalue weighted by atomic mass is 79.9. The van der Waals surface area contributed by atoms with Gasteiger partial charge >= 0.3 is 0 Å². The summed E-state index contributed by atoms with van der Waals surface area (Å²) in [6.07, 6.45) is 0.965. The molecule has 84 valence electrons. The smallest absolute Gasteiger partial charge is 0.123 e. The second kappa shape index (κ2) is 5.52. The minimum Gasteiger partial charge on any atom is -0.496 e. The maximum atomic E-state index is 6.14. The van der Waals surface area contributed by atoms with Crippen LogP contribution in [-0.4, -0.2) is 7.11 Å². The quantitative estimate of drug-likeness (QED) is 0.910. The molecule has 0 unspecified atom stereocenters. The van der Waals surface area contributed by atoms with Gasteiger partial charge in [0.05, 0.1) is 7.11 Å². The molecule has 1 aromatic rings. The summed E-state index contributed by atoms with van der Waals surface area (Å²) in [6.45, 7) is 4.34. The van der Waals surface area contributed by atoms with Gasteiger partial charge in [-0.1, -0.05) is 29.8 Å². The molecule has 0 saturated heterocycles. The molecule has 1 rings (SSSR count). The highest BCUT2D eigenvalue weighted by Gasteiger charge is 2.13. The summed E-state index contributed by atoms with van der Waals surface area (Å²) < 4.78 is 6.34. The Kier molecular flexibility index (Phi) is 4.61. The van der Waals surface area contributed by atoms with Crippen LogP contribution in [0.1, 0.15) is 31.9 Å². The highest BCUT2D eigenvalue weighted by molar-refractivity contribution is 9.10. The molecule has 1 atom stereocenters. The Morgan fingerprint density at radius 2 is 2.07 bits per heavy atom. The lowest BCUT2D eigenvalue weighted by Crippen LogP contribution is -2.14. The number of ether oxygens (including phenoxy) is 1. The fourth-order valence-electron chi connectivity index (χ4n) is 1.63. The van der Waals surface area contributed by atoms with Crippen LogP contribution in [0.5, 0.6) is 5.75 Å². The third-order valence-corrected chi connectivity index (χ3v) is 2.81. The monoisotopic (exact) mass is 271 g/mol. The van der Waals surface area contributed by atoms with Crippen molar-refractivity contribution in [2.45, 2.75) is 26.3 Å². The van der Waals surface area contributed by atoms with Gasteiger partial charge in [0.2, 0.25) is 0 Å². The van der Waals surface area contributed by atoms with E-state index >= 15 is 0 Å². The second-order valence-corrected chi connectivity index (χ2v) is 5.04. The Bertz CT molecular complexity index is 325. The molecular formula is C12H18BrNO. The van der Waals surface area contributed by atoms with Gasteiger partial charge in [-0.05, 0) is 30.5 Å². The number of rotatable bonds is 4. The predicted molar refractivity (Wildman–Crippen MR) is 67.1 cm³/mol. The third kappa shape index (κ3) is 3.50. The van der Waals surface area contributed by atoms with E-state index < -0.39 is 0 Å². The summed E-state index contributed by atoms with van der Waals surface area (Å²) in [5.41, 5.74) is 7.21. The zero-order valence-electron chi connectivity index (χ0n) is 9.46. The van der Waals surface area contributed by atoms with Crippen molar-refractivity contribution in [1.29, 1.82) is 0 Å². The molecule has 0 aromatic heterocycles. The van der Waals surface area contributed by atoms with Crippen molar-refractivity contribution in [2.24, 2.45) is 11.7 Å². The highest BCUT2D eigenvalue weighted by Crippen LogP contribution is 2.30. The van der Waals surface area contributed by atoms with E-state index in [9.17, 15) is 0 Å². The van der Waals surface area contributed by atoms with Crippen molar-refractivity contribution in [2.75, 3.05) is 7.11 Å². The lowest BCUT2D eigenvalue weighted by atomic mass is 9.97. The van der Waals surface area contributed by atoms with Crippen LogP contribution in [0.15, 0.2) is 22.7 Å². The molecule has 3 heteroatoms. The molecule has 0 fully saturated rings. The van der Waals surface area contributed by atoms with Crippen LogP contribution >= 0.6 is 15.9 Å². The van der Waals surface area contributed by atoms with Gasteiger partial charge in [0.1, 0.15) is 5.75 Å². The molecule has 1 aromatic carbocycles. The Labute approximate surface area is 99.9 Å². The van der Waals surface area contributed by atoms with Crippen molar-refractivity contribution in [3.8, 4) is 5.75 Å². The van der Waals surface area contributed by atoms with Crippen LogP contribution in [0.4, 0.5) is 0 Å². The molecule has 0 aliphatic heterocycles. The van der Waals surface area contributed by atoms with E-state index in [2.05, 4.69) is 29.8 Å². The molecule has 0 spiro atoms. The summed E-state index contributed by atoms with van der Waals surface area (Å²) in [7, 11) is 1.68. The first-order valence-electron chi connectivity index (χ1n) is 5.13. The summed E-state index contributed by atoms with van der Waals surface area (Å²) in [6, 6.07) is 5.98. The van der Waals surface area contributed by atoms with E-state index in [1.165, 1.54) is 0 Å². The molecule has 2 nitrogen and oxygen atoms in total. The molecule has 15 heavy (non-hydrogen) atoms. The van der Waals surface area contributed by atoms with Crippen molar-refractivity contribution in [3.63, 3.8) is 0 Å². The first kappa shape index (κ1) is 12.5. The van der Waals surface area contributed by atoms with Gasteiger partial charge < -0.3 is 10.5 Å². The van der Waals surface area contributed by atoms with Crippen LogP contribution < -0.4 is 10.5 Å². The number of hydrogen-bond donors (Lipinski definition) is 1. The molecule has 0 aliphatic carbocycles. The number of halogens is 1. The summed E-state index contributed by atoms with van der Waals surface area (Å²) in [4.78, 5) is 0. The van der Waals surface area contributed by atoms with E-state index in [1.54, 1.807) is 7.11 Å². The Balaban J connectivity index is 2.94. The van der Waals surface area contributed by atoms with Crippen molar-refractivity contribution < 1.29 is 4.74 Å². The minimum absolute atomic E-state index is 0.0393. The van der Waals surface area contributed by atoms with E-state index in [-0.39, 0.29) is 6.04 Å². The normalized spacial score (nSPS) is 12.9. The van der Waals surface area contributed by atoms with Gasteiger partial charge in [-0.2, -0.15) is 0 Å². The first-order valence-corrected chi connectivity index (χ1v) is 5.93. The van der Waals surface area contributed by atoms with Crippen LogP contribution in [0, 0.1) is 5.92 Å². The molecule has 0 aliphatic rings. The Morgan fingerprint density at radius 1 is 1.40 bits per heavy atom. The van der Waals surface area contributed by atoms with Gasteiger partial charge in [-0.15, -0.1) is 0 Å². The zero-order valence-corrected chi connectivity index (χ0v) is 11.0. The Hall–Kier alpha value is -0.540. The summed E-state index contributed by atoms with van der Waals surface area (Å²) >= 11 is 3.45. The fraction of sp³-hybridized carbons (Fsp3) is 0.500. The largest absolute Gasteiger partial charge is 0.496 e. The van der Waals surface area contributed by atoms with Crippen LogP contribution in [0.3, 0.4) is 0 Å². The number of benzene rings is 1. The molecule has 0 radical (unpaired) electrons. The maximum absolute atomic E-state index is 6.14. The van der Waals surface area contributed by atoms with Gasteiger partial charge in [-0.25, -0.2) is 0 Å². The van der Waals surface area contributed by atoms with E-state index in [1.807, 2.05) is 18.2 Å². The zero-order chi connectivity index (χ0) is 11.4. The molecule has 0 bridgehead atoms. The first-order chi connectivity index (χ1) is 7.04. The topological polar surface area (TPSA) is 35.2 Å².